The van der Waals surface area contributed by atoms with E-state index in [9.17, 15) is 9.50 Å². The van der Waals surface area contributed by atoms with Gasteiger partial charge in [-0.3, -0.25) is 0 Å². The van der Waals surface area contributed by atoms with Crippen LogP contribution in [0.5, 0.6) is 5.75 Å². The zero-order chi connectivity index (χ0) is 14.5. The highest BCUT2D eigenvalue weighted by molar-refractivity contribution is 9.10. The Morgan fingerprint density at radius 2 is 2.00 bits per heavy atom. The third-order valence-corrected chi connectivity index (χ3v) is 3.33. The van der Waals surface area contributed by atoms with Gasteiger partial charge in [-0.25, -0.2) is 4.39 Å². The fourth-order valence-electron chi connectivity index (χ4n) is 1.96. The van der Waals surface area contributed by atoms with Crippen molar-refractivity contribution in [1.82, 2.24) is 0 Å². The van der Waals surface area contributed by atoms with E-state index in [1.165, 1.54) is 12.1 Å². The van der Waals surface area contributed by atoms with Crippen LogP contribution in [0.25, 0.3) is 0 Å². The van der Waals surface area contributed by atoms with E-state index in [0.717, 1.165) is 6.42 Å². The molecule has 1 atom stereocenters. The van der Waals surface area contributed by atoms with Gasteiger partial charge in [0.25, 0.3) is 0 Å². The van der Waals surface area contributed by atoms with Crippen LogP contribution in [0.2, 0.25) is 0 Å². The molecule has 0 aromatic heterocycles. The Morgan fingerprint density at radius 3 is 2.70 bits per heavy atom. The zero-order valence-electron chi connectivity index (χ0n) is 11.1. The molecule has 0 radical (unpaired) electrons. The van der Waals surface area contributed by atoms with Gasteiger partial charge in [-0.1, -0.05) is 41.1 Å². The summed E-state index contributed by atoms with van der Waals surface area (Å²) in [5, 5.41) is 10.5. The van der Waals surface area contributed by atoms with Gasteiger partial charge in [0.1, 0.15) is 17.7 Å². The molecule has 2 rings (SSSR count). The van der Waals surface area contributed by atoms with E-state index in [4.69, 9.17) is 4.74 Å². The zero-order valence-corrected chi connectivity index (χ0v) is 12.7. The van der Waals surface area contributed by atoms with Gasteiger partial charge in [-0.2, -0.15) is 0 Å². The van der Waals surface area contributed by atoms with Gasteiger partial charge in [-0.05, 0) is 36.2 Å². The summed E-state index contributed by atoms with van der Waals surface area (Å²) in [6.07, 6.45) is -0.0364. The second-order valence-corrected chi connectivity index (χ2v) is 5.41. The topological polar surface area (TPSA) is 29.5 Å². The van der Waals surface area contributed by atoms with Gasteiger partial charge < -0.3 is 9.84 Å². The highest BCUT2D eigenvalue weighted by Gasteiger charge is 2.16. The molecular formula is C16H16BrFO2. The van der Waals surface area contributed by atoms with E-state index in [1.807, 2.05) is 25.1 Å². The molecule has 1 N–H and O–H groups in total. The maximum Gasteiger partial charge on any atom is 0.125 e. The molecule has 4 heteroatoms. The van der Waals surface area contributed by atoms with Crippen molar-refractivity contribution < 1.29 is 14.2 Å². The van der Waals surface area contributed by atoms with E-state index >= 15 is 0 Å². The third kappa shape index (κ3) is 3.58. The summed E-state index contributed by atoms with van der Waals surface area (Å²) in [6.45, 7) is 2.60. The third-order valence-electron chi connectivity index (χ3n) is 2.88. The first-order chi connectivity index (χ1) is 9.61. The lowest BCUT2D eigenvalue weighted by Crippen LogP contribution is -2.05. The highest BCUT2D eigenvalue weighted by Crippen LogP contribution is 2.31. The van der Waals surface area contributed by atoms with E-state index in [0.29, 0.717) is 28.0 Å². The van der Waals surface area contributed by atoms with Crippen LogP contribution in [0.4, 0.5) is 4.39 Å². The van der Waals surface area contributed by atoms with E-state index < -0.39 is 6.10 Å². The summed E-state index contributed by atoms with van der Waals surface area (Å²) >= 11 is 3.23. The molecule has 20 heavy (non-hydrogen) atoms. The fourth-order valence-corrected chi connectivity index (χ4v) is 2.45. The predicted molar refractivity (Wildman–Crippen MR) is 80.4 cm³/mol. The van der Waals surface area contributed by atoms with E-state index in [1.54, 1.807) is 12.1 Å². The average Bonchev–Trinajstić information content (AvgIpc) is 2.43. The number of aliphatic hydroxyl groups is 1. The minimum atomic E-state index is -0.921. The van der Waals surface area contributed by atoms with Crippen molar-refractivity contribution in [3.8, 4) is 5.75 Å². The summed E-state index contributed by atoms with van der Waals surface area (Å²) in [4.78, 5) is 0. The standard InChI is InChI=1S/C16H16BrFO2/c1-2-7-20-15-6-4-3-5-14(15)16(19)11-8-12(17)10-13(18)9-11/h3-6,8-10,16,19H,2,7H2,1H3. The summed E-state index contributed by atoms with van der Waals surface area (Å²) in [7, 11) is 0. The predicted octanol–water partition coefficient (Wildman–Crippen LogP) is 4.46. The van der Waals surface area contributed by atoms with Crippen molar-refractivity contribution in [1.29, 1.82) is 0 Å². The minimum Gasteiger partial charge on any atom is -0.493 e. The molecule has 0 amide bonds. The molecule has 0 aliphatic rings. The Hall–Kier alpha value is -1.39. The quantitative estimate of drug-likeness (QED) is 0.872. The number of hydrogen-bond donors (Lipinski definition) is 1. The molecule has 2 nitrogen and oxygen atoms in total. The van der Waals surface area contributed by atoms with Crippen LogP contribution in [0.1, 0.15) is 30.6 Å². The van der Waals surface area contributed by atoms with Crippen molar-refractivity contribution in [2.24, 2.45) is 0 Å². The van der Waals surface area contributed by atoms with Gasteiger partial charge in [0, 0.05) is 10.0 Å². The van der Waals surface area contributed by atoms with Crippen LogP contribution in [0, 0.1) is 5.82 Å². The second-order valence-electron chi connectivity index (χ2n) is 4.49. The lowest BCUT2D eigenvalue weighted by molar-refractivity contribution is 0.210. The van der Waals surface area contributed by atoms with Gasteiger partial charge >= 0.3 is 0 Å². The number of ether oxygens (including phenoxy) is 1. The number of rotatable bonds is 5. The SMILES string of the molecule is CCCOc1ccccc1C(O)c1cc(F)cc(Br)c1. The molecule has 0 spiro atoms. The van der Waals surface area contributed by atoms with Crippen molar-refractivity contribution in [2.45, 2.75) is 19.4 Å². The van der Waals surface area contributed by atoms with Crippen molar-refractivity contribution >= 4 is 15.9 Å². The normalized spacial score (nSPS) is 12.2. The maximum absolute atomic E-state index is 13.4. The summed E-state index contributed by atoms with van der Waals surface area (Å²) in [5.41, 5.74) is 1.13. The van der Waals surface area contributed by atoms with Crippen LogP contribution in [0.3, 0.4) is 0 Å². The molecule has 0 aliphatic heterocycles. The van der Waals surface area contributed by atoms with E-state index in [-0.39, 0.29) is 5.82 Å². The highest BCUT2D eigenvalue weighted by atomic mass is 79.9. The maximum atomic E-state index is 13.4. The Morgan fingerprint density at radius 1 is 1.25 bits per heavy atom. The van der Waals surface area contributed by atoms with Crippen LogP contribution < -0.4 is 4.74 Å². The molecule has 0 saturated heterocycles. The van der Waals surface area contributed by atoms with Crippen molar-refractivity contribution in [3.05, 3.63) is 63.9 Å². The minimum absolute atomic E-state index is 0.389. The molecule has 0 heterocycles. The molecule has 0 fully saturated rings. The van der Waals surface area contributed by atoms with Crippen molar-refractivity contribution in [2.75, 3.05) is 6.61 Å². The number of hydrogen-bond acceptors (Lipinski definition) is 2. The van der Waals surface area contributed by atoms with Crippen LogP contribution in [-0.4, -0.2) is 11.7 Å². The van der Waals surface area contributed by atoms with Crippen LogP contribution in [-0.2, 0) is 0 Å². The Kier molecular flexibility index (Phi) is 5.15. The molecule has 0 saturated carbocycles. The smallest absolute Gasteiger partial charge is 0.125 e. The molecule has 2 aromatic carbocycles. The number of aliphatic hydroxyl groups excluding tert-OH is 1. The lowest BCUT2D eigenvalue weighted by Gasteiger charge is -2.16. The van der Waals surface area contributed by atoms with E-state index in [2.05, 4.69) is 15.9 Å². The Labute approximate surface area is 126 Å². The monoisotopic (exact) mass is 338 g/mol. The fraction of sp³-hybridized carbons (Fsp3) is 0.250. The first-order valence-electron chi connectivity index (χ1n) is 6.47. The summed E-state index contributed by atoms with van der Waals surface area (Å²) < 4.78 is 19.7. The number of para-hydroxylation sites is 1. The second kappa shape index (κ2) is 6.86. The number of halogens is 2. The molecule has 1 unspecified atom stereocenters. The van der Waals surface area contributed by atoms with Crippen molar-refractivity contribution in [3.63, 3.8) is 0 Å². The first kappa shape index (κ1) is 15.0. The largest absolute Gasteiger partial charge is 0.493 e. The van der Waals surface area contributed by atoms with Crippen LogP contribution >= 0.6 is 15.9 Å². The molecular weight excluding hydrogens is 323 g/mol. The summed E-state index contributed by atoms with van der Waals surface area (Å²) in [6, 6.07) is 11.7. The van der Waals surface area contributed by atoms with Gasteiger partial charge in [0.15, 0.2) is 0 Å². The Bertz CT molecular complexity index is 566. The molecule has 0 bridgehead atoms. The molecule has 106 valence electrons. The average molecular weight is 339 g/mol. The lowest BCUT2D eigenvalue weighted by atomic mass is 10.0. The molecule has 2 aromatic rings. The van der Waals surface area contributed by atoms with Gasteiger partial charge in [0.05, 0.1) is 6.61 Å². The van der Waals surface area contributed by atoms with Crippen LogP contribution in [0.15, 0.2) is 46.9 Å². The van der Waals surface area contributed by atoms with Gasteiger partial charge in [-0.15, -0.1) is 0 Å². The van der Waals surface area contributed by atoms with Gasteiger partial charge in [0.2, 0.25) is 0 Å². The first-order valence-corrected chi connectivity index (χ1v) is 7.27. The molecule has 0 aliphatic carbocycles. The Balaban J connectivity index is 2.34. The summed E-state index contributed by atoms with van der Waals surface area (Å²) in [5.74, 6) is 0.239. The number of benzene rings is 2.